The van der Waals surface area contributed by atoms with Crippen LogP contribution in [0.1, 0.15) is 44.7 Å². The molecule has 162 valence electrons. The number of amides is 2. The molecule has 0 aliphatic carbocycles. The fraction of sp³-hybridized carbons (Fsp3) is 0.417. The number of hydrogen-bond donors (Lipinski definition) is 1. The molecule has 0 aliphatic heterocycles. The lowest BCUT2D eigenvalue weighted by Crippen LogP contribution is -2.49. The van der Waals surface area contributed by atoms with Crippen molar-refractivity contribution in [2.45, 2.75) is 58.0 Å². The minimum atomic E-state index is -0.524. The maximum atomic E-state index is 13.1. The Kier molecular flexibility index (Phi) is 10.4. The molecule has 0 fully saturated rings. The number of benzene rings is 2. The van der Waals surface area contributed by atoms with Crippen molar-refractivity contribution in [3.63, 3.8) is 0 Å². The van der Waals surface area contributed by atoms with E-state index in [0.29, 0.717) is 13.0 Å². The lowest BCUT2D eigenvalue weighted by atomic mass is 10.1. The molecule has 0 saturated carbocycles. The van der Waals surface area contributed by atoms with Gasteiger partial charge in [-0.25, -0.2) is 0 Å². The summed E-state index contributed by atoms with van der Waals surface area (Å²) < 4.78 is 0.961. The summed E-state index contributed by atoms with van der Waals surface area (Å²) in [6.45, 7) is 6.23. The molecule has 0 saturated heterocycles. The van der Waals surface area contributed by atoms with Crippen molar-refractivity contribution < 1.29 is 9.59 Å². The molecule has 2 aromatic rings. The van der Waals surface area contributed by atoms with Gasteiger partial charge >= 0.3 is 0 Å². The third-order valence-electron chi connectivity index (χ3n) is 4.98. The van der Waals surface area contributed by atoms with E-state index in [4.69, 9.17) is 0 Å². The van der Waals surface area contributed by atoms with Crippen LogP contribution in [0.2, 0.25) is 0 Å². The molecule has 0 radical (unpaired) electrons. The summed E-state index contributed by atoms with van der Waals surface area (Å²) in [5, 5.41) is 3.00. The molecule has 2 atom stereocenters. The zero-order valence-corrected chi connectivity index (χ0v) is 20.3. The fourth-order valence-corrected chi connectivity index (χ4v) is 4.29. The molecule has 0 aromatic heterocycles. The van der Waals surface area contributed by atoms with E-state index in [1.165, 1.54) is 5.56 Å². The van der Waals surface area contributed by atoms with Gasteiger partial charge in [-0.15, -0.1) is 0 Å². The number of halogens is 1. The number of nitrogens with one attached hydrogen (secondary N) is 1. The zero-order chi connectivity index (χ0) is 21.9. The van der Waals surface area contributed by atoms with Gasteiger partial charge in [0.15, 0.2) is 0 Å². The Morgan fingerprint density at radius 2 is 1.77 bits per heavy atom. The molecule has 0 unspecified atom stereocenters. The first-order valence-electron chi connectivity index (χ1n) is 10.4. The van der Waals surface area contributed by atoms with Crippen LogP contribution in [0.4, 0.5) is 0 Å². The van der Waals surface area contributed by atoms with Gasteiger partial charge in [0.05, 0.1) is 0 Å². The van der Waals surface area contributed by atoms with Gasteiger partial charge in [0.25, 0.3) is 0 Å². The first-order valence-corrected chi connectivity index (χ1v) is 12.3. The average molecular weight is 491 g/mol. The lowest BCUT2D eigenvalue weighted by Gasteiger charge is -2.29. The summed E-state index contributed by atoms with van der Waals surface area (Å²) in [6.07, 6.45) is 1.26. The standard InChI is InChI=1S/C24H31BrN2O2S/c1-4-18(2)26-24(29)19(3)27(16-21-11-8-12-22(25)15-21)23(28)13-14-30-17-20-9-6-5-7-10-20/h5-12,15,18-19H,4,13-14,16-17H2,1-3H3,(H,26,29)/t18-,19+/m1/s1. The molecule has 0 heterocycles. The molecular formula is C24H31BrN2O2S. The average Bonchev–Trinajstić information content (AvgIpc) is 2.75. The molecule has 4 nitrogen and oxygen atoms in total. The molecule has 0 spiro atoms. The van der Waals surface area contributed by atoms with Crippen molar-refractivity contribution in [1.29, 1.82) is 0 Å². The molecule has 2 rings (SSSR count). The van der Waals surface area contributed by atoms with E-state index in [2.05, 4.69) is 33.4 Å². The number of carbonyl (C=O) groups excluding carboxylic acids is 2. The minimum Gasteiger partial charge on any atom is -0.352 e. The lowest BCUT2D eigenvalue weighted by molar-refractivity contribution is -0.140. The SMILES string of the molecule is CC[C@@H](C)NC(=O)[C@H](C)N(Cc1cccc(Br)c1)C(=O)CCSCc1ccccc1. The van der Waals surface area contributed by atoms with Gasteiger partial charge in [-0.3, -0.25) is 9.59 Å². The number of thioether (sulfide) groups is 1. The van der Waals surface area contributed by atoms with E-state index in [0.717, 1.165) is 28.0 Å². The summed E-state index contributed by atoms with van der Waals surface area (Å²) >= 11 is 5.22. The van der Waals surface area contributed by atoms with E-state index in [1.54, 1.807) is 16.7 Å². The second kappa shape index (κ2) is 12.8. The van der Waals surface area contributed by atoms with Crippen LogP contribution in [0.3, 0.4) is 0 Å². The third kappa shape index (κ3) is 8.15. The van der Waals surface area contributed by atoms with Gasteiger partial charge in [-0.2, -0.15) is 11.8 Å². The van der Waals surface area contributed by atoms with Crippen molar-refractivity contribution in [3.8, 4) is 0 Å². The number of nitrogens with zero attached hydrogens (tertiary/aromatic N) is 1. The van der Waals surface area contributed by atoms with E-state index in [9.17, 15) is 9.59 Å². The van der Waals surface area contributed by atoms with Gasteiger partial charge in [0.2, 0.25) is 11.8 Å². The largest absolute Gasteiger partial charge is 0.352 e. The van der Waals surface area contributed by atoms with Crippen molar-refractivity contribution in [1.82, 2.24) is 10.2 Å². The van der Waals surface area contributed by atoms with Crippen LogP contribution < -0.4 is 5.32 Å². The molecule has 30 heavy (non-hydrogen) atoms. The molecular weight excluding hydrogens is 460 g/mol. The van der Waals surface area contributed by atoms with Crippen LogP contribution in [0.15, 0.2) is 59.1 Å². The Labute approximate surface area is 192 Å². The molecule has 2 aromatic carbocycles. The Morgan fingerprint density at radius 3 is 2.43 bits per heavy atom. The molecule has 6 heteroatoms. The number of rotatable bonds is 11. The van der Waals surface area contributed by atoms with Crippen LogP contribution in [0.5, 0.6) is 0 Å². The Balaban J connectivity index is 2.01. The predicted octanol–water partition coefficient (Wildman–Crippen LogP) is 5.40. The van der Waals surface area contributed by atoms with Crippen molar-refractivity contribution in [2.24, 2.45) is 0 Å². The number of carbonyl (C=O) groups is 2. The third-order valence-corrected chi connectivity index (χ3v) is 6.51. The van der Waals surface area contributed by atoms with Crippen LogP contribution in [-0.4, -0.2) is 34.6 Å². The topological polar surface area (TPSA) is 49.4 Å². The molecule has 0 bridgehead atoms. The summed E-state index contributed by atoms with van der Waals surface area (Å²) in [5.41, 5.74) is 2.25. The van der Waals surface area contributed by atoms with Gasteiger partial charge in [0, 0.05) is 35.0 Å². The van der Waals surface area contributed by atoms with Crippen molar-refractivity contribution in [3.05, 3.63) is 70.2 Å². The second-order valence-corrected chi connectivity index (χ2v) is 9.45. The van der Waals surface area contributed by atoms with Crippen LogP contribution in [0.25, 0.3) is 0 Å². The summed E-state index contributed by atoms with van der Waals surface area (Å²) in [6, 6.07) is 17.7. The Hall–Kier alpha value is -1.79. The van der Waals surface area contributed by atoms with Crippen LogP contribution in [0, 0.1) is 0 Å². The van der Waals surface area contributed by atoms with Crippen molar-refractivity contribution in [2.75, 3.05) is 5.75 Å². The summed E-state index contributed by atoms with van der Waals surface area (Å²) in [5.74, 6) is 1.50. The van der Waals surface area contributed by atoms with E-state index < -0.39 is 6.04 Å². The summed E-state index contributed by atoms with van der Waals surface area (Å²) in [4.78, 5) is 27.5. The van der Waals surface area contributed by atoms with Gasteiger partial charge < -0.3 is 10.2 Å². The summed E-state index contributed by atoms with van der Waals surface area (Å²) in [7, 11) is 0. The first kappa shape index (κ1) is 24.5. The zero-order valence-electron chi connectivity index (χ0n) is 17.9. The first-order chi connectivity index (χ1) is 14.4. The van der Waals surface area contributed by atoms with Gasteiger partial charge in [-0.1, -0.05) is 65.3 Å². The monoisotopic (exact) mass is 490 g/mol. The highest BCUT2D eigenvalue weighted by atomic mass is 79.9. The van der Waals surface area contributed by atoms with Crippen LogP contribution >= 0.6 is 27.7 Å². The van der Waals surface area contributed by atoms with Gasteiger partial charge in [0.1, 0.15) is 6.04 Å². The quantitative estimate of drug-likeness (QED) is 0.428. The molecule has 0 aliphatic rings. The molecule has 1 N–H and O–H groups in total. The smallest absolute Gasteiger partial charge is 0.242 e. The Morgan fingerprint density at radius 1 is 1.07 bits per heavy atom. The van der Waals surface area contributed by atoms with E-state index in [1.807, 2.05) is 63.2 Å². The second-order valence-electron chi connectivity index (χ2n) is 7.43. The minimum absolute atomic E-state index is 0.00217. The highest BCUT2D eigenvalue weighted by Crippen LogP contribution is 2.18. The van der Waals surface area contributed by atoms with Crippen molar-refractivity contribution >= 4 is 39.5 Å². The van der Waals surface area contributed by atoms with Gasteiger partial charge in [-0.05, 0) is 43.5 Å². The maximum absolute atomic E-state index is 13.1. The normalized spacial score (nSPS) is 12.8. The Bertz CT molecular complexity index is 816. The van der Waals surface area contributed by atoms with E-state index >= 15 is 0 Å². The predicted molar refractivity (Wildman–Crippen MR) is 129 cm³/mol. The fourth-order valence-electron chi connectivity index (χ4n) is 2.95. The number of hydrogen-bond acceptors (Lipinski definition) is 3. The highest BCUT2D eigenvalue weighted by molar-refractivity contribution is 9.10. The maximum Gasteiger partial charge on any atom is 0.242 e. The highest BCUT2D eigenvalue weighted by Gasteiger charge is 2.26. The van der Waals surface area contributed by atoms with E-state index in [-0.39, 0.29) is 17.9 Å². The van der Waals surface area contributed by atoms with Crippen LogP contribution in [-0.2, 0) is 21.9 Å². The molecule has 2 amide bonds.